The molecule has 0 aliphatic heterocycles. The van der Waals surface area contributed by atoms with Gasteiger partial charge in [-0.05, 0) is 42.9 Å². The average Bonchev–Trinajstić information content (AvgIpc) is 2.47. The van der Waals surface area contributed by atoms with Crippen molar-refractivity contribution in [1.82, 2.24) is 9.97 Å². The van der Waals surface area contributed by atoms with Crippen molar-refractivity contribution in [3.8, 4) is 0 Å². The molecule has 1 aliphatic carbocycles. The van der Waals surface area contributed by atoms with Crippen LogP contribution in [0.15, 0.2) is 24.5 Å². The van der Waals surface area contributed by atoms with Crippen molar-refractivity contribution in [2.75, 3.05) is 17.6 Å². The van der Waals surface area contributed by atoms with Crippen molar-refractivity contribution in [2.24, 2.45) is 11.8 Å². The summed E-state index contributed by atoms with van der Waals surface area (Å²) in [5.74, 6) is 2.68. The van der Waals surface area contributed by atoms with Crippen LogP contribution in [0, 0.1) is 11.8 Å². The van der Waals surface area contributed by atoms with Gasteiger partial charge in [0.15, 0.2) is 0 Å². The van der Waals surface area contributed by atoms with Crippen LogP contribution in [-0.4, -0.2) is 16.5 Å². The van der Waals surface area contributed by atoms with Crippen LogP contribution in [-0.2, 0) is 0 Å². The molecular formula is C17H24N4. The van der Waals surface area contributed by atoms with E-state index in [1.807, 2.05) is 18.2 Å². The highest BCUT2D eigenvalue weighted by Gasteiger charge is 2.18. The zero-order valence-electron chi connectivity index (χ0n) is 12.7. The minimum atomic E-state index is 0.739. The van der Waals surface area contributed by atoms with Crippen LogP contribution in [0.4, 0.5) is 11.5 Å². The molecule has 1 fully saturated rings. The molecule has 0 spiro atoms. The maximum Gasteiger partial charge on any atom is 0.137 e. The highest BCUT2D eigenvalue weighted by atomic mass is 15.0. The zero-order valence-corrected chi connectivity index (χ0v) is 12.7. The molecule has 1 aliphatic rings. The number of rotatable bonds is 4. The number of anilines is 2. The fourth-order valence-corrected chi connectivity index (χ4v) is 3.43. The average molecular weight is 284 g/mol. The molecule has 3 N–H and O–H groups in total. The molecule has 4 nitrogen and oxygen atoms in total. The number of benzene rings is 1. The Kier molecular flexibility index (Phi) is 4.23. The van der Waals surface area contributed by atoms with Gasteiger partial charge in [0.05, 0.1) is 5.52 Å². The molecule has 2 atom stereocenters. The maximum atomic E-state index is 5.80. The summed E-state index contributed by atoms with van der Waals surface area (Å²) in [7, 11) is 0. The summed E-state index contributed by atoms with van der Waals surface area (Å²) >= 11 is 0. The smallest absolute Gasteiger partial charge is 0.137 e. The van der Waals surface area contributed by atoms with E-state index in [0.29, 0.717) is 0 Å². The van der Waals surface area contributed by atoms with Gasteiger partial charge in [0, 0.05) is 17.6 Å². The van der Waals surface area contributed by atoms with Gasteiger partial charge < -0.3 is 11.1 Å². The van der Waals surface area contributed by atoms with Gasteiger partial charge in [0.25, 0.3) is 0 Å². The zero-order chi connectivity index (χ0) is 14.7. The number of nitrogen functional groups attached to an aromatic ring is 1. The lowest BCUT2D eigenvalue weighted by molar-refractivity contribution is 0.274. The van der Waals surface area contributed by atoms with E-state index in [0.717, 1.165) is 40.8 Å². The minimum absolute atomic E-state index is 0.739. The van der Waals surface area contributed by atoms with Crippen molar-refractivity contribution >= 4 is 22.4 Å². The van der Waals surface area contributed by atoms with Crippen LogP contribution in [0.5, 0.6) is 0 Å². The summed E-state index contributed by atoms with van der Waals surface area (Å²) < 4.78 is 0. The first-order chi connectivity index (χ1) is 10.2. The summed E-state index contributed by atoms with van der Waals surface area (Å²) in [4.78, 5) is 8.65. The van der Waals surface area contributed by atoms with Crippen molar-refractivity contribution in [2.45, 2.75) is 39.0 Å². The second-order valence-corrected chi connectivity index (χ2v) is 6.35. The number of hydrogen-bond donors (Lipinski definition) is 2. The first kappa shape index (κ1) is 14.1. The Balaban J connectivity index is 1.63. The monoisotopic (exact) mass is 284 g/mol. The lowest BCUT2D eigenvalue weighted by Crippen LogP contribution is -2.17. The van der Waals surface area contributed by atoms with Crippen molar-refractivity contribution < 1.29 is 0 Å². The Morgan fingerprint density at radius 3 is 3.05 bits per heavy atom. The lowest BCUT2D eigenvalue weighted by atomic mass is 9.81. The van der Waals surface area contributed by atoms with Gasteiger partial charge in [-0.15, -0.1) is 0 Å². The Morgan fingerprint density at radius 1 is 1.29 bits per heavy atom. The van der Waals surface area contributed by atoms with Crippen LogP contribution in [0.2, 0.25) is 0 Å². The molecule has 1 aromatic heterocycles. The second kappa shape index (κ2) is 6.29. The predicted octanol–water partition coefficient (Wildman–Crippen LogP) is 3.84. The third kappa shape index (κ3) is 3.43. The summed E-state index contributed by atoms with van der Waals surface area (Å²) in [6, 6.07) is 5.79. The van der Waals surface area contributed by atoms with E-state index in [4.69, 9.17) is 5.73 Å². The molecule has 2 aromatic rings. The maximum absolute atomic E-state index is 5.80. The predicted molar refractivity (Wildman–Crippen MR) is 88.2 cm³/mol. The Labute approximate surface area is 126 Å². The molecule has 1 saturated carbocycles. The molecule has 0 saturated heterocycles. The van der Waals surface area contributed by atoms with Crippen LogP contribution >= 0.6 is 0 Å². The fraction of sp³-hybridized carbons (Fsp3) is 0.529. The van der Waals surface area contributed by atoms with E-state index in [-0.39, 0.29) is 0 Å². The molecule has 2 unspecified atom stereocenters. The summed E-state index contributed by atoms with van der Waals surface area (Å²) in [5, 5.41) is 4.52. The number of nitrogens with one attached hydrogen (secondary N) is 1. The molecule has 4 heteroatoms. The second-order valence-electron chi connectivity index (χ2n) is 6.35. The van der Waals surface area contributed by atoms with Gasteiger partial charge in [-0.25, -0.2) is 9.97 Å². The van der Waals surface area contributed by atoms with Crippen LogP contribution in [0.1, 0.15) is 39.0 Å². The number of nitrogens with two attached hydrogens (primary N) is 1. The SMILES string of the molecule is CC1CCCC(CCNc2ncnc3cc(N)ccc23)C1. The summed E-state index contributed by atoms with van der Waals surface area (Å²) in [5.41, 5.74) is 7.44. The van der Waals surface area contributed by atoms with Crippen molar-refractivity contribution in [3.05, 3.63) is 24.5 Å². The van der Waals surface area contributed by atoms with Gasteiger partial charge in [0.2, 0.25) is 0 Å². The van der Waals surface area contributed by atoms with Crippen LogP contribution in [0.3, 0.4) is 0 Å². The van der Waals surface area contributed by atoms with E-state index in [1.54, 1.807) is 6.33 Å². The third-order valence-corrected chi connectivity index (χ3v) is 4.55. The lowest BCUT2D eigenvalue weighted by Gasteiger charge is -2.26. The Hall–Kier alpha value is -1.84. The van der Waals surface area contributed by atoms with Crippen LogP contribution < -0.4 is 11.1 Å². The molecule has 0 bridgehead atoms. The molecule has 0 radical (unpaired) electrons. The third-order valence-electron chi connectivity index (χ3n) is 4.55. The molecular weight excluding hydrogens is 260 g/mol. The first-order valence-corrected chi connectivity index (χ1v) is 7.96. The van der Waals surface area contributed by atoms with Crippen molar-refractivity contribution in [1.29, 1.82) is 0 Å². The number of hydrogen-bond acceptors (Lipinski definition) is 4. The van der Waals surface area contributed by atoms with Gasteiger partial charge in [-0.3, -0.25) is 0 Å². The molecule has 1 aromatic carbocycles. The number of fused-ring (bicyclic) bond motifs is 1. The quantitative estimate of drug-likeness (QED) is 0.837. The van der Waals surface area contributed by atoms with Gasteiger partial charge in [-0.2, -0.15) is 0 Å². The standard InChI is InChI=1S/C17H24N4/c1-12-3-2-4-13(9-12)7-8-19-17-15-6-5-14(18)10-16(15)20-11-21-17/h5-6,10-13H,2-4,7-9,18H2,1H3,(H,19,20,21). The van der Waals surface area contributed by atoms with E-state index >= 15 is 0 Å². The van der Waals surface area contributed by atoms with E-state index in [1.165, 1.54) is 32.1 Å². The molecule has 0 amide bonds. The molecule has 21 heavy (non-hydrogen) atoms. The molecule has 3 rings (SSSR count). The number of aromatic nitrogens is 2. The van der Waals surface area contributed by atoms with E-state index in [9.17, 15) is 0 Å². The van der Waals surface area contributed by atoms with E-state index in [2.05, 4.69) is 22.2 Å². The minimum Gasteiger partial charge on any atom is -0.399 e. The van der Waals surface area contributed by atoms with Gasteiger partial charge in [-0.1, -0.05) is 26.2 Å². The molecule has 112 valence electrons. The summed E-state index contributed by atoms with van der Waals surface area (Å²) in [6.07, 6.45) is 8.39. The highest BCUT2D eigenvalue weighted by Crippen LogP contribution is 2.30. The largest absolute Gasteiger partial charge is 0.399 e. The Bertz CT molecular complexity index is 611. The normalized spacial score (nSPS) is 22.3. The highest BCUT2D eigenvalue weighted by molar-refractivity contribution is 5.90. The topological polar surface area (TPSA) is 63.8 Å². The van der Waals surface area contributed by atoms with Gasteiger partial charge in [0.1, 0.15) is 12.1 Å². The van der Waals surface area contributed by atoms with E-state index < -0.39 is 0 Å². The van der Waals surface area contributed by atoms with Crippen molar-refractivity contribution in [3.63, 3.8) is 0 Å². The van der Waals surface area contributed by atoms with Gasteiger partial charge >= 0.3 is 0 Å². The van der Waals surface area contributed by atoms with Crippen LogP contribution in [0.25, 0.3) is 10.9 Å². The fourth-order valence-electron chi connectivity index (χ4n) is 3.43. The molecule has 1 heterocycles. The summed E-state index contributed by atoms with van der Waals surface area (Å²) in [6.45, 7) is 3.36. The first-order valence-electron chi connectivity index (χ1n) is 7.96. The Morgan fingerprint density at radius 2 is 2.19 bits per heavy atom. The number of nitrogens with zero attached hydrogens (tertiary/aromatic N) is 2.